The van der Waals surface area contributed by atoms with Crippen LogP contribution in [0.3, 0.4) is 0 Å². The predicted molar refractivity (Wildman–Crippen MR) is 155 cm³/mol. The van der Waals surface area contributed by atoms with Gasteiger partial charge in [-0.05, 0) is 43.0 Å². The van der Waals surface area contributed by atoms with Crippen molar-refractivity contribution in [3.05, 3.63) is 29.8 Å². The Hall–Kier alpha value is -1.35. The van der Waals surface area contributed by atoms with Crippen LogP contribution in [-0.2, 0) is 0 Å². The van der Waals surface area contributed by atoms with Crippen LogP contribution in [0.2, 0.25) is 0 Å². The summed E-state index contributed by atoms with van der Waals surface area (Å²) < 4.78 is 0. The average Bonchev–Trinajstić information content (AvgIpc) is 2.88. The second-order valence-corrected chi connectivity index (χ2v) is 11.0. The molecule has 3 heteroatoms. The third kappa shape index (κ3) is 18.9. The van der Waals surface area contributed by atoms with E-state index in [-0.39, 0.29) is 11.5 Å². The average molecular weight is 503 g/mol. The summed E-state index contributed by atoms with van der Waals surface area (Å²) in [5.41, 5.74) is 0.719. The lowest BCUT2D eigenvalue weighted by Crippen LogP contribution is -2.04. The number of Topliss-reactive ketones (excluding diaryl/α,β-unsaturated/α-hetero) is 1. The second kappa shape index (κ2) is 24.0. The summed E-state index contributed by atoms with van der Waals surface area (Å²) in [4.78, 5) is 12.3. The van der Waals surface area contributed by atoms with E-state index in [2.05, 4.69) is 6.92 Å². The van der Waals surface area contributed by atoms with Crippen molar-refractivity contribution < 1.29 is 15.0 Å². The fraction of sp³-hybridized carbons (Fsp3) is 0.788. The van der Waals surface area contributed by atoms with Crippen molar-refractivity contribution in [2.24, 2.45) is 5.92 Å². The molecule has 1 atom stereocenters. The lowest BCUT2D eigenvalue weighted by molar-refractivity contribution is 0.0977. The van der Waals surface area contributed by atoms with Crippen LogP contribution >= 0.6 is 0 Å². The molecule has 0 saturated carbocycles. The van der Waals surface area contributed by atoms with Gasteiger partial charge >= 0.3 is 0 Å². The Kier molecular flexibility index (Phi) is 21.8. The molecule has 1 aromatic rings. The van der Waals surface area contributed by atoms with Gasteiger partial charge in [0.25, 0.3) is 0 Å². The molecule has 0 aliphatic carbocycles. The summed E-state index contributed by atoms with van der Waals surface area (Å²) in [5.74, 6) is 1.19. The van der Waals surface area contributed by atoms with E-state index in [0.717, 1.165) is 24.3 Å². The minimum atomic E-state index is 0.200. The summed E-state index contributed by atoms with van der Waals surface area (Å²) in [6, 6.07) is 6.66. The minimum absolute atomic E-state index is 0.200. The molecule has 0 fully saturated rings. The molecule has 0 heterocycles. The maximum absolute atomic E-state index is 12.3. The van der Waals surface area contributed by atoms with Crippen LogP contribution in [0.4, 0.5) is 0 Å². The van der Waals surface area contributed by atoms with Crippen molar-refractivity contribution in [3.63, 3.8) is 0 Å². The Morgan fingerprint density at radius 3 is 1.47 bits per heavy atom. The van der Waals surface area contributed by atoms with Gasteiger partial charge in [-0.3, -0.25) is 4.79 Å². The van der Waals surface area contributed by atoms with E-state index in [1.807, 2.05) is 0 Å². The highest BCUT2D eigenvalue weighted by atomic mass is 16.3. The zero-order valence-corrected chi connectivity index (χ0v) is 23.7. The normalized spacial score (nSPS) is 12.2. The molecular weight excluding hydrogens is 444 g/mol. The number of unbranched alkanes of at least 4 members (excludes halogenated alkanes) is 16. The SMILES string of the molecule is CCC[C@H](CCCCCCCCCCCCCCCCCCCO)CCCC(=O)c1ccc(O)cc1. The molecule has 0 aromatic heterocycles. The summed E-state index contributed by atoms with van der Waals surface area (Å²) in [7, 11) is 0. The van der Waals surface area contributed by atoms with Gasteiger partial charge in [-0.2, -0.15) is 0 Å². The smallest absolute Gasteiger partial charge is 0.162 e. The largest absolute Gasteiger partial charge is 0.508 e. The number of aliphatic hydroxyl groups excluding tert-OH is 1. The summed E-state index contributed by atoms with van der Waals surface area (Å²) >= 11 is 0. The fourth-order valence-corrected chi connectivity index (χ4v) is 5.38. The van der Waals surface area contributed by atoms with Crippen LogP contribution in [0.25, 0.3) is 0 Å². The van der Waals surface area contributed by atoms with Gasteiger partial charge in [-0.1, -0.05) is 135 Å². The van der Waals surface area contributed by atoms with E-state index < -0.39 is 0 Å². The monoisotopic (exact) mass is 502 g/mol. The number of ketones is 1. The Morgan fingerprint density at radius 2 is 1.03 bits per heavy atom. The first-order valence-electron chi connectivity index (χ1n) is 15.6. The van der Waals surface area contributed by atoms with Gasteiger partial charge in [-0.25, -0.2) is 0 Å². The zero-order chi connectivity index (χ0) is 26.1. The third-order valence-corrected chi connectivity index (χ3v) is 7.67. The van der Waals surface area contributed by atoms with Gasteiger partial charge in [0.1, 0.15) is 5.75 Å². The lowest BCUT2D eigenvalue weighted by Gasteiger charge is -2.16. The zero-order valence-electron chi connectivity index (χ0n) is 23.7. The van der Waals surface area contributed by atoms with Crippen LogP contribution in [0.5, 0.6) is 5.75 Å². The van der Waals surface area contributed by atoms with Crippen LogP contribution in [0, 0.1) is 5.92 Å². The number of carbonyl (C=O) groups excluding carboxylic acids is 1. The van der Waals surface area contributed by atoms with Crippen LogP contribution in [0.1, 0.15) is 165 Å². The van der Waals surface area contributed by atoms with E-state index in [4.69, 9.17) is 5.11 Å². The van der Waals surface area contributed by atoms with E-state index >= 15 is 0 Å². The molecule has 0 spiro atoms. The van der Waals surface area contributed by atoms with Gasteiger partial charge in [0.05, 0.1) is 0 Å². The lowest BCUT2D eigenvalue weighted by atomic mass is 9.90. The van der Waals surface area contributed by atoms with Crippen LogP contribution in [-0.4, -0.2) is 22.6 Å². The Morgan fingerprint density at radius 1 is 0.611 bits per heavy atom. The molecular formula is C33H58O3. The van der Waals surface area contributed by atoms with Gasteiger partial charge in [0.15, 0.2) is 5.78 Å². The van der Waals surface area contributed by atoms with Gasteiger partial charge in [-0.15, -0.1) is 0 Å². The van der Waals surface area contributed by atoms with Crippen molar-refractivity contribution in [3.8, 4) is 5.75 Å². The number of phenols is 1. The molecule has 0 amide bonds. The molecule has 208 valence electrons. The molecule has 3 nitrogen and oxygen atoms in total. The standard InChI is InChI=1S/C33H58O3/c1-2-21-30(23-20-24-33(36)31-25-27-32(35)28-26-31)22-18-16-14-12-10-8-6-4-3-5-7-9-11-13-15-17-19-29-34/h25-28,30,34-35H,2-24,29H2,1H3/t30-/m1/s1. The number of benzene rings is 1. The number of rotatable bonds is 26. The maximum atomic E-state index is 12.3. The number of hydrogen-bond donors (Lipinski definition) is 2. The maximum Gasteiger partial charge on any atom is 0.162 e. The molecule has 0 aliphatic heterocycles. The van der Waals surface area contributed by atoms with Crippen LogP contribution < -0.4 is 0 Å². The molecule has 1 aromatic carbocycles. The van der Waals surface area contributed by atoms with E-state index in [1.165, 1.54) is 128 Å². The first kappa shape index (κ1) is 32.7. The number of carbonyl (C=O) groups is 1. The van der Waals surface area contributed by atoms with Crippen molar-refractivity contribution in [2.75, 3.05) is 6.61 Å². The first-order valence-corrected chi connectivity index (χ1v) is 15.6. The van der Waals surface area contributed by atoms with E-state index in [0.29, 0.717) is 13.0 Å². The molecule has 0 bridgehead atoms. The number of aromatic hydroxyl groups is 1. The summed E-state index contributed by atoms with van der Waals surface area (Å²) in [5, 5.41) is 18.2. The fourth-order valence-electron chi connectivity index (χ4n) is 5.38. The Bertz CT molecular complexity index is 610. The topological polar surface area (TPSA) is 57.5 Å². The Balaban J connectivity index is 1.90. The predicted octanol–water partition coefficient (Wildman–Crippen LogP) is 10.2. The van der Waals surface area contributed by atoms with E-state index in [9.17, 15) is 9.90 Å². The Labute approximate surface area is 223 Å². The van der Waals surface area contributed by atoms with Gasteiger partial charge < -0.3 is 10.2 Å². The van der Waals surface area contributed by atoms with Gasteiger partial charge in [0.2, 0.25) is 0 Å². The molecule has 2 N–H and O–H groups in total. The molecule has 0 unspecified atom stereocenters. The quantitative estimate of drug-likeness (QED) is 0.0978. The van der Waals surface area contributed by atoms with E-state index in [1.54, 1.807) is 24.3 Å². The number of aliphatic hydroxyl groups is 1. The van der Waals surface area contributed by atoms with Gasteiger partial charge in [0, 0.05) is 18.6 Å². The number of phenolic OH excluding ortho intramolecular Hbond substituents is 1. The van der Waals surface area contributed by atoms with Crippen molar-refractivity contribution in [1.29, 1.82) is 0 Å². The molecule has 0 aliphatic rings. The summed E-state index contributed by atoms with van der Waals surface area (Å²) in [6.45, 7) is 2.63. The first-order chi connectivity index (χ1) is 17.7. The summed E-state index contributed by atoms with van der Waals surface area (Å²) in [6.07, 6.45) is 29.6. The molecule has 36 heavy (non-hydrogen) atoms. The highest BCUT2D eigenvalue weighted by Crippen LogP contribution is 2.23. The number of hydrogen-bond acceptors (Lipinski definition) is 3. The molecule has 0 radical (unpaired) electrons. The van der Waals surface area contributed by atoms with Crippen molar-refractivity contribution in [1.82, 2.24) is 0 Å². The van der Waals surface area contributed by atoms with Crippen LogP contribution in [0.15, 0.2) is 24.3 Å². The highest BCUT2D eigenvalue weighted by molar-refractivity contribution is 5.96. The second-order valence-electron chi connectivity index (χ2n) is 11.0. The minimum Gasteiger partial charge on any atom is -0.508 e. The molecule has 1 rings (SSSR count). The van der Waals surface area contributed by atoms with Crippen molar-refractivity contribution in [2.45, 2.75) is 155 Å². The third-order valence-electron chi connectivity index (χ3n) is 7.67. The highest BCUT2D eigenvalue weighted by Gasteiger charge is 2.11. The van der Waals surface area contributed by atoms with Crippen molar-refractivity contribution >= 4 is 5.78 Å². The molecule has 0 saturated heterocycles.